The van der Waals surface area contributed by atoms with Gasteiger partial charge in [0.2, 0.25) is 0 Å². The fraction of sp³-hybridized carbons (Fsp3) is 0.0714. The summed E-state index contributed by atoms with van der Waals surface area (Å²) >= 11 is 1.66. The van der Waals surface area contributed by atoms with Crippen LogP contribution in [-0.4, -0.2) is 4.98 Å². The zero-order chi connectivity index (χ0) is 11.8. The molecule has 1 heterocycles. The SMILES string of the molecule is Cc1ccccc1-c1nc2cccc(N)c2s1. The Morgan fingerprint density at radius 2 is 1.88 bits per heavy atom. The molecule has 3 rings (SSSR count). The lowest BCUT2D eigenvalue weighted by molar-refractivity contribution is 1.41. The normalized spacial score (nSPS) is 10.9. The molecule has 2 N–H and O–H groups in total. The third kappa shape index (κ3) is 1.68. The van der Waals surface area contributed by atoms with Crippen LogP contribution in [0.5, 0.6) is 0 Å². The Hall–Kier alpha value is -1.87. The largest absolute Gasteiger partial charge is 0.398 e. The summed E-state index contributed by atoms with van der Waals surface area (Å²) in [6.07, 6.45) is 0. The molecule has 84 valence electrons. The zero-order valence-electron chi connectivity index (χ0n) is 9.47. The Balaban J connectivity index is 2.26. The van der Waals surface area contributed by atoms with Crippen molar-refractivity contribution in [3.8, 4) is 10.6 Å². The summed E-state index contributed by atoms with van der Waals surface area (Å²) in [5.74, 6) is 0. The fourth-order valence-corrected chi connectivity index (χ4v) is 2.98. The number of rotatable bonds is 1. The fourth-order valence-electron chi connectivity index (χ4n) is 1.90. The highest BCUT2D eigenvalue weighted by molar-refractivity contribution is 7.22. The van der Waals surface area contributed by atoms with Gasteiger partial charge in [-0.1, -0.05) is 30.3 Å². The topological polar surface area (TPSA) is 38.9 Å². The van der Waals surface area contributed by atoms with Gasteiger partial charge in [-0.05, 0) is 24.6 Å². The van der Waals surface area contributed by atoms with Gasteiger partial charge in [-0.15, -0.1) is 11.3 Å². The van der Waals surface area contributed by atoms with Crippen LogP contribution in [0.1, 0.15) is 5.56 Å². The molecule has 0 unspecified atom stereocenters. The van der Waals surface area contributed by atoms with Crippen LogP contribution in [0.25, 0.3) is 20.8 Å². The second-order valence-corrected chi connectivity index (χ2v) is 5.03. The van der Waals surface area contributed by atoms with E-state index in [-0.39, 0.29) is 0 Å². The first-order valence-corrected chi connectivity index (χ1v) is 6.28. The Kier molecular flexibility index (Phi) is 2.34. The lowest BCUT2D eigenvalue weighted by Crippen LogP contribution is -1.82. The Bertz CT molecular complexity index is 686. The molecule has 0 saturated heterocycles. The van der Waals surface area contributed by atoms with Crippen molar-refractivity contribution in [1.82, 2.24) is 4.98 Å². The average molecular weight is 240 g/mol. The molecule has 0 aliphatic heterocycles. The first-order valence-electron chi connectivity index (χ1n) is 5.47. The molecule has 0 atom stereocenters. The molecule has 0 bridgehead atoms. The van der Waals surface area contributed by atoms with Gasteiger partial charge >= 0.3 is 0 Å². The molecule has 0 spiro atoms. The van der Waals surface area contributed by atoms with Crippen LogP contribution in [0.3, 0.4) is 0 Å². The van der Waals surface area contributed by atoms with Gasteiger partial charge in [0.05, 0.1) is 15.9 Å². The molecule has 3 aromatic rings. The maximum absolute atomic E-state index is 5.96. The van der Waals surface area contributed by atoms with Crippen molar-refractivity contribution in [2.24, 2.45) is 0 Å². The molecule has 2 aromatic carbocycles. The average Bonchev–Trinajstić information content (AvgIpc) is 2.75. The van der Waals surface area contributed by atoms with E-state index < -0.39 is 0 Å². The van der Waals surface area contributed by atoms with Gasteiger partial charge in [-0.3, -0.25) is 0 Å². The maximum Gasteiger partial charge on any atom is 0.124 e. The highest BCUT2D eigenvalue weighted by Gasteiger charge is 2.09. The smallest absolute Gasteiger partial charge is 0.124 e. The first-order chi connectivity index (χ1) is 8.25. The van der Waals surface area contributed by atoms with Gasteiger partial charge in [0.1, 0.15) is 5.01 Å². The number of aromatic nitrogens is 1. The molecule has 0 fully saturated rings. The summed E-state index contributed by atoms with van der Waals surface area (Å²) in [6, 6.07) is 14.2. The molecule has 0 aliphatic carbocycles. The van der Waals surface area contributed by atoms with Gasteiger partial charge < -0.3 is 5.73 Å². The van der Waals surface area contributed by atoms with E-state index in [1.54, 1.807) is 11.3 Å². The van der Waals surface area contributed by atoms with Crippen molar-refractivity contribution in [3.05, 3.63) is 48.0 Å². The highest BCUT2D eigenvalue weighted by atomic mass is 32.1. The lowest BCUT2D eigenvalue weighted by Gasteiger charge is -1.99. The minimum atomic E-state index is 0.805. The molecule has 3 heteroatoms. The van der Waals surface area contributed by atoms with E-state index in [4.69, 9.17) is 5.73 Å². The third-order valence-corrected chi connectivity index (χ3v) is 3.97. The van der Waals surface area contributed by atoms with Crippen LogP contribution in [0, 0.1) is 6.92 Å². The van der Waals surface area contributed by atoms with Gasteiger partial charge in [-0.2, -0.15) is 0 Å². The van der Waals surface area contributed by atoms with E-state index in [1.807, 2.05) is 30.3 Å². The zero-order valence-corrected chi connectivity index (χ0v) is 10.3. The number of benzene rings is 2. The number of nitrogens with zero attached hydrogens (tertiary/aromatic N) is 1. The van der Waals surface area contributed by atoms with Gasteiger partial charge in [-0.25, -0.2) is 4.98 Å². The van der Waals surface area contributed by atoms with Crippen molar-refractivity contribution >= 4 is 27.2 Å². The Labute approximate surface area is 104 Å². The van der Waals surface area contributed by atoms with Crippen LogP contribution in [0.15, 0.2) is 42.5 Å². The van der Waals surface area contributed by atoms with Crippen molar-refractivity contribution in [2.45, 2.75) is 6.92 Å². The first kappa shape index (κ1) is 10.3. The van der Waals surface area contributed by atoms with Crippen LogP contribution < -0.4 is 5.73 Å². The summed E-state index contributed by atoms with van der Waals surface area (Å²) in [7, 11) is 0. The molecular weight excluding hydrogens is 228 g/mol. The number of hydrogen-bond acceptors (Lipinski definition) is 3. The molecule has 0 radical (unpaired) electrons. The van der Waals surface area contributed by atoms with Crippen molar-refractivity contribution in [2.75, 3.05) is 5.73 Å². The third-order valence-electron chi connectivity index (χ3n) is 2.82. The molecule has 0 saturated carbocycles. The summed E-state index contributed by atoms with van der Waals surface area (Å²) in [5, 5.41) is 1.04. The van der Waals surface area contributed by atoms with E-state index in [9.17, 15) is 0 Å². The summed E-state index contributed by atoms with van der Waals surface area (Å²) in [6.45, 7) is 2.10. The van der Waals surface area contributed by atoms with Crippen molar-refractivity contribution < 1.29 is 0 Å². The Morgan fingerprint density at radius 1 is 1.06 bits per heavy atom. The van der Waals surface area contributed by atoms with Gasteiger partial charge in [0.15, 0.2) is 0 Å². The minimum absolute atomic E-state index is 0.805. The van der Waals surface area contributed by atoms with E-state index in [1.165, 1.54) is 11.1 Å². The number of anilines is 1. The van der Waals surface area contributed by atoms with Gasteiger partial charge in [0.25, 0.3) is 0 Å². The maximum atomic E-state index is 5.96. The number of aryl methyl sites for hydroxylation is 1. The van der Waals surface area contributed by atoms with Gasteiger partial charge in [0, 0.05) is 5.56 Å². The van der Waals surface area contributed by atoms with Crippen molar-refractivity contribution in [3.63, 3.8) is 0 Å². The summed E-state index contributed by atoms with van der Waals surface area (Å²) in [5.41, 5.74) is 10.2. The molecule has 0 amide bonds. The molecule has 1 aromatic heterocycles. The number of hydrogen-bond donors (Lipinski definition) is 1. The second-order valence-electron chi connectivity index (χ2n) is 4.03. The standard InChI is InChI=1S/C14H12N2S/c1-9-5-2-3-6-10(9)14-16-12-8-4-7-11(15)13(12)17-14/h2-8H,15H2,1H3. The Morgan fingerprint density at radius 3 is 2.65 bits per heavy atom. The minimum Gasteiger partial charge on any atom is -0.398 e. The number of thiazole rings is 1. The molecular formula is C14H12N2S. The number of nitrogen functional groups attached to an aromatic ring is 1. The molecule has 2 nitrogen and oxygen atoms in total. The van der Waals surface area contributed by atoms with Crippen molar-refractivity contribution in [1.29, 1.82) is 0 Å². The quantitative estimate of drug-likeness (QED) is 0.656. The van der Waals surface area contributed by atoms with Crippen LogP contribution in [0.2, 0.25) is 0 Å². The predicted molar refractivity (Wildman–Crippen MR) is 74.2 cm³/mol. The summed E-state index contributed by atoms with van der Waals surface area (Å²) in [4.78, 5) is 4.64. The molecule has 17 heavy (non-hydrogen) atoms. The highest BCUT2D eigenvalue weighted by Crippen LogP contribution is 2.34. The van der Waals surface area contributed by atoms with E-state index in [0.29, 0.717) is 0 Å². The van der Waals surface area contributed by atoms with Crippen LogP contribution >= 0.6 is 11.3 Å². The van der Waals surface area contributed by atoms with E-state index in [2.05, 4.69) is 24.0 Å². The molecule has 0 aliphatic rings. The van der Waals surface area contributed by atoms with Crippen LogP contribution in [0.4, 0.5) is 5.69 Å². The van der Waals surface area contributed by atoms with E-state index >= 15 is 0 Å². The number of nitrogens with two attached hydrogens (primary N) is 1. The monoisotopic (exact) mass is 240 g/mol. The van der Waals surface area contributed by atoms with Crippen LogP contribution in [-0.2, 0) is 0 Å². The second kappa shape index (κ2) is 3.86. The van der Waals surface area contributed by atoms with E-state index in [0.717, 1.165) is 20.9 Å². The predicted octanol–water partition coefficient (Wildman–Crippen LogP) is 3.85. The lowest BCUT2D eigenvalue weighted by atomic mass is 10.1. The number of fused-ring (bicyclic) bond motifs is 1. The summed E-state index contributed by atoms with van der Waals surface area (Å²) < 4.78 is 1.07.